The predicted molar refractivity (Wildman–Crippen MR) is 71.3 cm³/mol. The van der Waals surface area contributed by atoms with Crippen molar-refractivity contribution >= 4 is 5.91 Å². The van der Waals surface area contributed by atoms with E-state index in [1.165, 1.54) is 32.2 Å². The monoisotopic (exact) mass is 263 g/mol. The number of furan rings is 1. The maximum Gasteiger partial charge on any atom is 0.300 e. The van der Waals surface area contributed by atoms with E-state index in [4.69, 9.17) is 10.3 Å². The van der Waals surface area contributed by atoms with Gasteiger partial charge < -0.3 is 4.42 Å². The summed E-state index contributed by atoms with van der Waals surface area (Å²) in [4.78, 5) is 14.0. The molecule has 1 aromatic rings. The number of nitrogens with two attached hydrogens (primary N) is 1. The predicted octanol–water partition coefficient (Wildman–Crippen LogP) is 1.57. The number of rotatable bonds is 6. The number of hydrogen-bond donors (Lipinski definition) is 2. The van der Waals surface area contributed by atoms with Crippen LogP contribution in [0.4, 0.5) is 0 Å². The number of amides is 1. The summed E-state index contributed by atoms with van der Waals surface area (Å²) in [6.07, 6.45) is 5.35. The van der Waals surface area contributed by atoms with Crippen molar-refractivity contribution in [2.45, 2.75) is 45.2 Å². The number of hydrazine groups is 1. The maximum absolute atomic E-state index is 11.5. The van der Waals surface area contributed by atoms with Gasteiger partial charge in [-0.15, -0.1) is 0 Å². The van der Waals surface area contributed by atoms with Crippen LogP contribution in [0.2, 0.25) is 0 Å². The molecule has 2 saturated carbocycles. The number of nitrogens with zero attached hydrogens (tertiary/aromatic N) is 1. The summed E-state index contributed by atoms with van der Waals surface area (Å²) in [5.74, 6) is 6.77. The fraction of sp³-hybridized carbons (Fsp3) is 0.643. The molecule has 0 saturated heterocycles. The molecule has 3 N–H and O–H groups in total. The third kappa shape index (κ3) is 2.98. The zero-order chi connectivity index (χ0) is 13.4. The van der Waals surface area contributed by atoms with Gasteiger partial charge in [-0.2, -0.15) is 0 Å². The second-order valence-electron chi connectivity index (χ2n) is 5.77. The fourth-order valence-electron chi connectivity index (χ4n) is 2.49. The summed E-state index contributed by atoms with van der Waals surface area (Å²) in [5.41, 5.74) is 3.21. The average Bonchev–Trinajstić information content (AvgIpc) is 3.28. The highest BCUT2D eigenvalue weighted by atomic mass is 16.4. The van der Waals surface area contributed by atoms with Gasteiger partial charge in [0.1, 0.15) is 5.76 Å². The molecule has 1 heterocycles. The molecule has 0 aliphatic heterocycles. The van der Waals surface area contributed by atoms with Crippen LogP contribution >= 0.6 is 0 Å². The Labute approximate surface area is 113 Å². The first kappa shape index (κ1) is 12.7. The molecule has 2 aliphatic carbocycles. The van der Waals surface area contributed by atoms with Crippen molar-refractivity contribution in [3.63, 3.8) is 0 Å². The first-order valence-corrected chi connectivity index (χ1v) is 7.01. The lowest BCUT2D eigenvalue weighted by atomic mass is 10.2. The van der Waals surface area contributed by atoms with E-state index in [0.717, 1.165) is 29.8 Å². The molecule has 1 aromatic heterocycles. The van der Waals surface area contributed by atoms with Crippen LogP contribution in [-0.2, 0) is 6.54 Å². The van der Waals surface area contributed by atoms with Crippen LogP contribution in [0.1, 0.15) is 47.6 Å². The minimum atomic E-state index is -0.366. The molecule has 1 amide bonds. The molecule has 5 nitrogen and oxygen atoms in total. The van der Waals surface area contributed by atoms with Gasteiger partial charge in [-0.3, -0.25) is 15.1 Å². The highest BCUT2D eigenvalue weighted by molar-refractivity contribution is 5.91. The molecule has 104 valence electrons. The smallest absolute Gasteiger partial charge is 0.300 e. The summed E-state index contributed by atoms with van der Waals surface area (Å²) in [6.45, 7) is 3.98. The van der Waals surface area contributed by atoms with E-state index < -0.39 is 0 Å². The first-order chi connectivity index (χ1) is 9.17. The minimum absolute atomic E-state index is 0.303. The molecule has 5 heteroatoms. The van der Waals surface area contributed by atoms with E-state index in [1.54, 1.807) is 0 Å². The Kier molecular flexibility index (Phi) is 3.33. The van der Waals surface area contributed by atoms with Gasteiger partial charge in [0.05, 0.1) is 0 Å². The van der Waals surface area contributed by atoms with E-state index in [0.29, 0.717) is 5.76 Å². The number of carbonyl (C=O) groups is 1. The lowest BCUT2D eigenvalue weighted by Gasteiger charge is -2.21. The van der Waals surface area contributed by atoms with E-state index in [2.05, 4.69) is 10.3 Å². The van der Waals surface area contributed by atoms with E-state index in [9.17, 15) is 4.79 Å². The quantitative estimate of drug-likeness (QED) is 0.464. The van der Waals surface area contributed by atoms with Crippen molar-refractivity contribution < 1.29 is 9.21 Å². The summed E-state index contributed by atoms with van der Waals surface area (Å²) in [6, 6.07) is 2.56. The number of aryl methyl sites for hydroxylation is 1. The third-order valence-electron chi connectivity index (χ3n) is 4.00. The normalized spacial score (nSPS) is 18.9. The van der Waals surface area contributed by atoms with E-state index >= 15 is 0 Å². The van der Waals surface area contributed by atoms with Crippen molar-refractivity contribution in [3.8, 4) is 0 Å². The molecule has 0 spiro atoms. The van der Waals surface area contributed by atoms with Crippen LogP contribution < -0.4 is 11.3 Å². The molecule has 0 unspecified atom stereocenters. The summed E-state index contributed by atoms with van der Waals surface area (Å²) in [7, 11) is 0. The SMILES string of the molecule is Cc1oc(C(=O)NN)cc1CN(CC1CC1)C1CC1. The van der Waals surface area contributed by atoms with Crippen molar-refractivity contribution in [2.24, 2.45) is 11.8 Å². The summed E-state index contributed by atoms with van der Waals surface area (Å²) in [5, 5.41) is 0. The molecule has 19 heavy (non-hydrogen) atoms. The van der Waals surface area contributed by atoms with Gasteiger partial charge in [0.2, 0.25) is 0 Å². The Balaban J connectivity index is 1.69. The molecule has 0 aromatic carbocycles. The van der Waals surface area contributed by atoms with Gasteiger partial charge in [-0.05, 0) is 44.6 Å². The lowest BCUT2D eigenvalue weighted by molar-refractivity contribution is 0.0924. The largest absolute Gasteiger partial charge is 0.456 e. The van der Waals surface area contributed by atoms with Crippen molar-refractivity contribution in [1.82, 2.24) is 10.3 Å². The zero-order valence-corrected chi connectivity index (χ0v) is 11.3. The van der Waals surface area contributed by atoms with Gasteiger partial charge in [-0.25, -0.2) is 5.84 Å². The number of nitrogens with one attached hydrogen (secondary N) is 1. The van der Waals surface area contributed by atoms with Crippen LogP contribution in [0, 0.1) is 12.8 Å². The number of nitrogen functional groups attached to an aromatic ring is 1. The van der Waals surface area contributed by atoms with Crippen LogP contribution in [-0.4, -0.2) is 23.4 Å². The Morgan fingerprint density at radius 2 is 2.21 bits per heavy atom. The van der Waals surface area contributed by atoms with Crippen LogP contribution in [0.5, 0.6) is 0 Å². The van der Waals surface area contributed by atoms with E-state index in [-0.39, 0.29) is 5.91 Å². The molecule has 2 fully saturated rings. The van der Waals surface area contributed by atoms with Gasteiger partial charge in [-0.1, -0.05) is 0 Å². The molecule has 0 bridgehead atoms. The van der Waals surface area contributed by atoms with Crippen LogP contribution in [0.3, 0.4) is 0 Å². The fourth-order valence-corrected chi connectivity index (χ4v) is 2.49. The van der Waals surface area contributed by atoms with Crippen molar-refractivity contribution in [2.75, 3.05) is 6.54 Å². The average molecular weight is 263 g/mol. The minimum Gasteiger partial charge on any atom is -0.456 e. The number of hydrogen-bond acceptors (Lipinski definition) is 4. The summed E-state index contributed by atoms with van der Waals surface area (Å²) < 4.78 is 5.47. The van der Waals surface area contributed by atoms with Gasteiger partial charge in [0.25, 0.3) is 0 Å². The Morgan fingerprint density at radius 1 is 1.47 bits per heavy atom. The maximum atomic E-state index is 11.5. The molecule has 0 radical (unpaired) electrons. The van der Waals surface area contributed by atoms with Crippen molar-refractivity contribution in [3.05, 3.63) is 23.2 Å². The molecule has 3 rings (SSSR count). The second kappa shape index (κ2) is 4.98. The first-order valence-electron chi connectivity index (χ1n) is 7.01. The van der Waals surface area contributed by atoms with Crippen LogP contribution in [0.25, 0.3) is 0 Å². The molecule has 2 aliphatic rings. The molecular formula is C14H21N3O2. The standard InChI is InChI=1S/C14H21N3O2/c1-9-11(6-13(19-9)14(18)16-15)8-17(12-4-5-12)7-10-2-3-10/h6,10,12H,2-5,7-8,15H2,1H3,(H,16,18). The number of carbonyl (C=O) groups excluding carboxylic acids is 1. The van der Waals surface area contributed by atoms with E-state index in [1.807, 2.05) is 13.0 Å². The molecule has 0 atom stereocenters. The van der Waals surface area contributed by atoms with Crippen LogP contribution in [0.15, 0.2) is 10.5 Å². The van der Waals surface area contributed by atoms with Gasteiger partial charge in [0.15, 0.2) is 5.76 Å². The third-order valence-corrected chi connectivity index (χ3v) is 4.00. The Bertz CT molecular complexity index is 475. The second-order valence-corrected chi connectivity index (χ2v) is 5.77. The summed E-state index contributed by atoms with van der Waals surface area (Å²) >= 11 is 0. The topological polar surface area (TPSA) is 71.5 Å². The zero-order valence-electron chi connectivity index (χ0n) is 11.3. The Hall–Kier alpha value is -1.33. The highest BCUT2D eigenvalue weighted by Gasteiger charge is 2.34. The van der Waals surface area contributed by atoms with Gasteiger partial charge >= 0.3 is 5.91 Å². The van der Waals surface area contributed by atoms with Gasteiger partial charge in [0, 0.05) is 24.7 Å². The molecular weight excluding hydrogens is 242 g/mol. The highest BCUT2D eigenvalue weighted by Crippen LogP contribution is 2.36. The van der Waals surface area contributed by atoms with Crippen molar-refractivity contribution in [1.29, 1.82) is 0 Å². The Morgan fingerprint density at radius 3 is 2.79 bits per heavy atom. The lowest BCUT2D eigenvalue weighted by Crippen LogP contribution is -2.29.